The smallest absolute Gasteiger partial charge is 0.303 e. The molecule has 0 spiro atoms. The number of hydrogen-bond donors (Lipinski definition) is 2. The molecule has 0 heterocycles. The summed E-state index contributed by atoms with van der Waals surface area (Å²) in [7, 11) is 0. The summed E-state index contributed by atoms with van der Waals surface area (Å²) in [5, 5.41) is 19.2. The van der Waals surface area contributed by atoms with Gasteiger partial charge in [0.15, 0.2) is 5.78 Å². The first-order valence-electron chi connectivity index (χ1n) is 11.3. The Bertz CT molecular complexity index is 697. The van der Waals surface area contributed by atoms with E-state index in [1.54, 1.807) is 0 Å². The summed E-state index contributed by atoms with van der Waals surface area (Å²) in [5.74, 6) is 1.51. The summed E-state index contributed by atoms with van der Waals surface area (Å²) in [6.07, 6.45) is 9.87. The number of carboxylic acid groups (broad SMARTS) is 1. The van der Waals surface area contributed by atoms with Gasteiger partial charge in [0, 0.05) is 11.8 Å². The highest BCUT2D eigenvalue weighted by Gasteiger charge is 2.60. The van der Waals surface area contributed by atoms with E-state index in [0.717, 1.165) is 44.9 Å². The Morgan fingerprint density at radius 3 is 2.68 bits per heavy atom. The van der Waals surface area contributed by atoms with Crippen LogP contribution >= 0.6 is 0 Å². The number of carboxylic acids is 1. The fourth-order valence-electron chi connectivity index (χ4n) is 7.79. The van der Waals surface area contributed by atoms with Crippen LogP contribution in [-0.2, 0) is 9.59 Å². The summed E-state index contributed by atoms with van der Waals surface area (Å²) in [6, 6.07) is 0. The second kappa shape index (κ2) is 6.97. The number of aliphatic carboxylic acids is 1. The lowest BCUT2D eigenvalue weighted by molar-refractivity contribution is -0.137. The molecule has 3 saturated carbocycles. The van der Waals surface area contributed by atoms with Gasteiger partial charge in [0.05, 0.1) is 6.10 Å². The van der Waals surface area contributed by atoms with Gasteiger partial charge >= 0.3 is 5.97 Å². The molecule has 0 bridgehead atoms. The number of carbonyl (C=O) groups is 2. The highest BCUT2D eigenvalue weighted by molar-refractivity contribution is 5.97. The van der Waals surface area contributed by atoms with Gasteiger partial charge in [-0.25, -0.2) is 0 Å². The van der Waals surface area contributed by atoms with Crippen LogP contribution in [0.15, 0.2) is 11.6 Å². The molecule has 2 N–H and O–H groups in total. The second-order valence-corrected chi connectivity index (χ2v) is 10.7. The first-order chi connectivity index (χ1) is 13.2. The minimum atomic E-state index is -0.741. The number of aliphatic hydroxyl groups is 1. The van der Waals surface area contributed by atoms with Crippen molar-refractivity contribution in [3.05, 3.63) is 11.6 Å². The predicted molar refractivity (Wildman–Crippen MR) is 108 cm³/mol. The molecule has 4 aliphatic carbocycles. The summed E-state index contributed by atoms with van der Waals surface area (Å²) in [6.45, 7) is 6.68. The van der Waals surface area contributed by atoms with Crippen molar-refractivity contribution in [1.29, 1.82) is 0 Å². The van der Waals surface area contributed by atoms with Crippen molar-refractivity contribution in [3.63, 3.8) is 0 Å². The molecule has 3 fully saturated rings. The molecule has 0 aliphatic heterocycles. The molecule has 4 aliphatic rings. The Labute approximate surface area is 168 Å². The number of carbonyl (C=O) groups excluding carboxylic acids is 1. The van der Waals surface area contributed by atoms with Crippen molar-refractivity contribution in [1.82, 2.24) is 0 Å². The largest absolute Gasteiger partial charge is 0.481 e. The lowest BCUT2D eigenvalue weighted by Crippen LogP contribution is -2.52. The Balaban J connectivity index is 1.63. The average Bonchev–Trinajstić information content (AvgIpc) is 3.00. The van der Waals surface area contributed by atoms with Gasteiger partial charge in [-0.3, -0.25) is 9.59 Å². The fraction of sp³-hybridized carbons (Fsp3) is 0.833. The molecule has 4 heteroatoms. The van der Waals surface area contributed by atoms with E-state index in [1.165, 1.54) is 5.57 Å². The van der Waals surface area contributed by atoms with Crippen molar-refractivity contribution < 1.29 is 19.8 Å². The van der Waals surface area contributed by atoms with Gasteiger partial charge in [-0.2, -0.15) is 0 Å². The fourth-order valence-corrected chi connectivity index (χ4v) is 7.79. The Morgan fingerprint density at radius 1 is 1.21 bits per heavy atom. The highest BCUT2D eigenvalue weighted by Crippen LogP contribution is 2.65. The van der Waals surface area contributed by atoms with E-state index in [-0.39, 0.29) is 29.3 Å². The van der Waals surface area contributed by atoms with Crippen LogP contribution in [0.3, 0.4) is 0 Å². The number of aliphatic hydroxyl groups excluding tert-OH is 1. The van der Waals surface area contributed by atoms with Gasteiger partial charge in [-0.05, 0) is 92.4 Å². The molecule has 4 rings (SSSR count). The first-order valence-corrected chi connectivity index (χ1v) is 11.3. The molecule has 0 aromatic rings. The third-order valence-electron chi connectivity index (χ3n) is 9.47. The van der Waals surface area contributed by atoms with Gasteiger partial charge in [0.1, 0.15) is 0 Å². The molecule has 0 aromatic heterocycles. The molecule has 4 nitrogen and oxygen atoms in total. The van der Waals surface area contributed by atoms with Crippen LogP contribution in [0.5, 0.6) is 0 Å². The van der Waals surface area contributed by atoms with Gasteiger partial charge in [-0.1, -0.05) is 26.3 Å². The van der Waals surface area contributed by atoms with Crippen LogP contribution in [0, 0.1) is 40.4 Å². The Hall–Kier alpha value is -1.16. The SMILES string of the molecule is C[C@H](CCC(=O)O)[C@@H]1CC[C@@H]2[C@@H]3CC[C@@H]4C[C@H](O)CC[C@@]4(C)C3=CC(=O)[C@@]21C. The molecule has 0 saturated heterocycles. The van der Waals surface area contributed by atoms with Crippen LogP contribution in [0.4, 0.5) is 0 Å². The normalized spacial score (nSPS) is 46.2. The molecular weight excluding hydrogens is 352 g/mol. The zero-order chi connectivity index (χ0) is 20.3. The molecule has 0 amide bonds. The molecule has 0 radical (unpaired) electrons. The average molecular weight is 389 g/mol. The van der Waals surface area contributed by atoms with Crippen molar-refractivity contribution in [3.8, 4) is 0 Å². The summed E-state index contributed by atoms with van der Waals surface area (Å²) >= 11 is 0. The van der Waals surface area contributed by atoms with E-state index >= 15 is 0 Å². The Kier molecular flexibility index (Phi) is 5.01. The maximum absolute atomic E-state index is 13.5. The van der Waals surface area contributed by atoms with Crippen molar-refractivity contribution in [2.45, 2.75) is 84.7 Å². The lowest BCUT2D eigenvalue weighted by Gasteiger charge is -2.56. The van der Waals surface area contributed by atoms with E-state index < -0.39 is 5.97 Å². The van der Waals surface area contributed by atoms with Gasteiger partial charge in [0.25, 0.3) is 0 Å². The number of ketones is 1. The van der Waals surface area contributed by atoms with Crippen molar-refractivity contribution in [2.75, 3.05) is 0 Å². The topological polar surface area (TPSA) is 74.6 Å². The monoisotopic (exact) mass is 388 g/mol. The highest BCUT2D eigenvalue weighted by atomic mass is 16.4. The van der Waals surface area contributed by atoms with Crippen molar-refractivity contribution >= 4 is 11.8 Å². The Morgan fingerprint density at radius 2 is 1.96 bits per heavy atom. The number of rotatable bonds is 4. The van der Waals surface area contributed by atoms with E-state index in [2.05, 4.69) is 20.8 Å². The van der Waals surface area contributed by atoms with Crippen molar-refractivity contribution in [2.24, 2.45) is 40.4 Å². The standard InChI is InChI=1S/C24H36O4/c1-14(4-9-22(27)28)18-7-8-19-17-6-5-15-12-16(25)10-11-23(15,2)20(17)13-21(26)24(18,19)3/h13-19,25H,4-12H2,1-3H3,(H,27,28)/t14-,15-,16-,17+,18+,19-,23-,24-/m1/s1. The minimum Gasteiger partial charge on any atom is -0.481 e. The summed E-state index contributed by atoms with van der Waals surface area (Å²) in [4.78, 5) is 24.6. The third-order valence-corrected chi connectivity index (χ3v) is 9.47. The molecule has 8 atom stereocenters. The van der Waals surface area contributed by atoms with Crippen LogP contribution < -0.4 is 0 Å². The van der Waals surface area contributed by atoms with Crippen LogP contribution in [0.2, 0.25) is 0 Å². The van der Waals surface area contributed by atoms with E-state index in [9.17, 15) is 14.7 Å². The van der Waals surface area contributed by atoms with E-state index in [1.807, 2.05) is 6.08 Å². The van der Waals surface area contributed by atoms with Crippen LogP contribution in [-0.4, -0.2) is 28.1 Å². The van der Waals surface area contributed by atoms with Crippen LogP contribution in [0.25, 0.3) is 0 Å². The first kappa shape index (κ1) is 20.1. The minimum absolute atomic E-state index is 0.0755. The zero-order valence-corrected chi connectivity index (χ0v) is 17.6. The molecule has 28 heavy (non-hydrogen) atoms. The zero-order valence-electron chi connectivity index (χ0n) is 17.6. The summed E-state index contributed by atoms with van der Waals surface area (Å²) in [5.41, 5.74) is 1.14. The van der Waals surface area contributed by atoms with E-state index in [4.69, 9.17) is 5.11 Å². The molecule has 0 aromatic carbocycles. The van der Waals surface area contributed by atoms with E-state index in [0.29, 0.717) is 35.9 Å². The summed E-state index contributed by atoms with van der Waals surface area (Å²) < 4.78 is 0. The van der Waals surface area contributed by atoms with Gasteiger partial charge in [0.2, 0.25) is 0 Å². The maximum atomic E-state index is 13.5. The molecule has 156 valence electrons. The number of fused-ring (bicyclic) bond motifs is 5. The number of hydrogen-bond acceptors (Lipinski definition) is 3. The predicted octanol–water partition coefficient (Wildman–Crippen LogP) is 4.61. The van der Waals surface area contributed by atoms with Gasteiger partial charge in [-0.15, -0.1) is 0 Å². The third kappa shape index (κ3) is 2.89. The molecule has 0 unspecified atom stereocenters. The van der Waals surface area contributed by atoms with Crippen LogP contribution in [0.1, 0.15) is 78.6 Å². The lowest BCUT2D eigenvalue weighted by atomic mass is 9.48. The second-order valence-electron chi connectivity index (χ2n) is 10.7. The maximum Gasteiger partial charge on any atom is 0.303 e. The van der Waals surface area contributed by atoms with Gasteiger partial charge < -0.3 is 10.2 Å². The quantitative estimate of drug-likeness (QED) is 0.738. The molecular formula is C24H36O4. The number of allylic oxidation sites excluding steroid dienone is 2.